The zero-order valence-corrected chi connectivity index (χ0v) is 16.5. The third-order valence-corrected chi connectivity index (χ3v) is 6.12. The lowest BCUT2D eigenvalue weighted by atomic mass is 9.73. The van der Waals surface area contributed by atoms with Crippen molar-refractivity contribution in [3.8, 4) is 0 Å². The van der Waals surface area contributed by atoms with Gasteiger partial charge in [0.2, 0.25) is 0 Å². The summed E-state index contributed by atoms with van der Waals surface area (Å²) in [6.45, 7) is 3.43. The van der Waals surface area contributed by atoms with Gasteiger partial charge < -0.3 is 14.7 Å². The van der Waals surface area contributed by atoms with Gasteiger partial charge in [0.1, 0.15) is 11.4 Å². The summed E-state index contributed by atoms with van der Waals surface area (Å²) in [7, 11) is 0. The van der Waals surface area contributed by atoms with Crippen LogP contribution in [0, 0.1) is 5.41 Å². The molecular weight excluding hydrogens is 510 g/mol. The lowest BCUT2D eigenvalue weighted by Crippen LogP contribution is -2.59. The standard InChI is InChI=1S/C15H18I2N2O3/c16-6-10-5-11(14(20)21)13(18-12(10)7-17)19-8-15(9-19)1-3-22-4-2-15/h5H,1-4,6-9H2,(H,20,21). The Balaban J connectivity index is 1.88. The Hall–Kier alpha value is -0.160. The van der Waals surface area contributed by atoms with Gasteiger partial charge in [0.05, 0.1) is 5.69 Å². The van der Waals surface area contributed by atoms with E-state index in [0.717, 1.165) is 59.3 Å². The third kappa shape index (κ3) is 3.08. The molecule has 22 heavy (non-hydrogen) atoms. The lowest BCUT2D eigenvalue weighted by molar-refractivity contribution is -0.000578. The molecule has 0 amide bonds. The van der Waals surface area contributed by atoms with Crippen LogP contribution in [-0.4, -0.2) is 42.4 Å². The van der Waals surface area contributed by atoms with E-state index in [9.17, 15) is 9.90 Å². The van der Waals surface area contributed by atoms with Crippen LogP contribution < -0.4 is 4.90 Å². The molecule has 0 unspecified atom stereocenters. The molecule has 3 heterocycles. The van der Waals surface area contributed by atoms with Crippen molar-refractivity contribution in [2.45, 2.75) is 21.7 Å². The van der Waals surface area contributed by atoms with Crippen LogP contribution in [0.4, 0.5) is 5.82 Å². The van der Waals surface area contributed by atoms with Gasteiger partial charge in [-0.25, -0.2) is 9.78 Å². The Labute approximate surface area is 157 Å². The maximum absolute atomic E-state index is 11.6. The van der Waals surface area contributed by atoms with Crippen LogP contribution in [0.5, 0.6) is 0 Å². The topological polar surface area (TPSA) is 62.7 Å². The molecule has 2 aliphatic rings. The number of anilines is 1. The maximum atomic E-state index is 11.6. The van der Waals surface area contributed by atoms with Crippen LogP contribution in [0.2, 0.25) is 0 Å². The highest BCUT2D eigenvalue weighted by molar-refractivity contribution is 14.1. The number of carboxylic acids is 1. The zero-order chi connectivity index (χ0) is 15.7. The average Bonchev–Trinajstić information content (AvgIpc) is 2.51. The first kappa shape index (κ1) is 16.7. The van der Waals surface area contributed by atoms with E-state index in [1.807, 2.05) is 0 Å². The summed E-state index contributed by atoms with van der Waals surface area (Å²) in [5.74, 6) is -0.244. The van der Waals surface area contributed by atoms with Crippen LogP contribution in [0.1, 0.15) is 34.5 Å². The third-order valence-electron chi connectivity index (χ3n) is 4.58. The van der Waals surface area contributed by atoms with Gasteiger partial charge in [0.25, 0.3) is 0 Å². The lowest BCUT2D eigenvalue weighted by Gasteiger charge is -2.53. The molecular formula is C15H18I2N2O3. The summed E-state index contributed by atoms with van der Waals surface area (Å²) in [5.41, 5.74) is 2.67. The van der Waals surface area contributed by atoms with E-state index in [1.54, 1.807) is 6.07 Å². The molecule has 7 heteroatoms. The number of ether oxygens (including phenoxy) is 1. The number of pyridine rings is 1. The minimum absolute atomic E-state index is 0.308. The summed E-state index contributed by atoms with van der Waals surface area (Å²) >= 11 is 4.55. The fourth-order valence-electron chi connectivity index (χ4n) is 3.25. The van der Waals surface area contributed by atoms with Gasteiger partial charge in [-0.3, -0.25) is 0 Å². The molecule has 2 aliphatic heterocycles. The molecule has 1 N–H and O–H groups in total. The van der Waals surface area contributed by atoms with Crippen molar-refractivity contribution in [1.29, 1.82) is 0 Å². The molecule has 0 atom stereocenters. The summed E-state index contributed by atoms with van der Waals surface area (Å²) in [6, 6.07) is 1.81. The number of hydrogen-bond acceptors (Lipinski definition) is 4. The van der Waals surface area contributed by atoms with E-state index in [1.165, 1.54) is 0 Å². The van der Waals surface area contributed by atoms with Gasteiger partial charge in [-0.1, -0.05) is 45.2 Å². The number of aromatic nitrogens is 1. The number of rotatable bonds is 4. The maximum Gasteiger partial charge on any atom is 0.339 e. The molecule has 0 bridgehead atoms. The second-order valence-electron chi connectivity index (χ2n) is 6.01. The SMILES string of the molecule is O=C(O)c1cc(CI)c(CI)nc1N1CC2(CCOCC2)C1. The monoisotopic (exact) mass is 528 g/mol. The van der Waals surface area contributed by atoms with Crippen LogP contribution in [-0.2, 0) is 13.6 Å². The predicted octanol–water partition coefficient (Wildman–Crippen LogP) is 3.27. The number of aromatic carboxylic acids is 1. The molecule has 5 nitrogen and oxygen atoms in total. The van der Waals surface area contributed by atoms with Gasteiger partial charge in [-0.05, 0) is 24.5 Å². The molecule has 120 valence electrons. The highest BCUT2D eigenvalue weighted by Gasteiger charge is 2.45. The Morgan fingerprint density at radius 1 is 1.32 bits per heavy atom. The Bertz CT molecular complexity index is 580. The summed E-state index contributed by atoms with van der Waals surface area (Å²) in [4.78, 5) is 18.4. The minimum Gasteiger partial charge on any atom is -0.478 e. The van der Waals surface area contributed by atoms with Crippen LogP contribution in [0.15, 0.2) is 6.07 Å². The second-order valence-corrected chi connectivity index (χ2v) is 7.53. The quantitative estimate of drug-likeness (QED) is 0.481. The number of halogens is 2. The fourth-order valence-corrected chi connectivity index (χ4v) is 4.57. The molecule has 2 fully saturated rings. The Morgan fingerprint density at radius 3 is 2.55 bits per heavy atom. The Kier molecular flexibility index (Phi) is 5.13. The highest BCUT2D eigenvalue weighted by atomic mass is 127. The van der Waals surface area contributed by atoms with Crippen molar-refractivity contribution in [3.63, 3.8) is 0 Å². The molecule has 2 saturated heterocycles. The van der Waals surface area contributed by atoms with Gasteiger partial charge in [0, 0.05) is 40.6 Å². The van der Waals surface area contributed by atoms with E-state index in [4.69, 9.17) is 4.74 Å². The van der Waals surface area contributed by atoms with Crippen molar-refractivity contribution < 1.29 is 14.6 Å². The van der Waals surface area contributed by atoms with E-state index < -0.39 is 5.97 Å². The minimum atomic E-state index is -0.887. The van der Waals surface area contributed by atoms with Crippen molar-refractivity contribution >= 4 is 57.0 Å². The van der Waals surface area contributed by atoms with Gasteiger partial charge in [0.15, 0.2) is 0 Å². The fraction of sp³-hybridized carbons (Fsp3) is 0.600. The Morgan fingerprint density at radius 2 is 2.00 bits per heavy atom. The van der Waals surface area contributed by atoms with E-state index in [-0.39, 0.29) is 0 Å². The molecule has 0 saturated carbocycles. The summed E-state index contributed by atoms with van der Waals surface area (Å²) in [5, 5.41) is 9.53. The molecule has 0 radical (unpaired) electrons. The van der Waals surface area contributed by atoms with E-state index >= 15 is 0 Å². The molecule has 0 aliphatic carbocycles. The van der Waals surface area contributed by atoms with Crippen molar-refractivity contribution in [2.75, 3.05) is 31.2 Å². The van der Waals surface area contributed by atoms with Crippen LogP contribution in [0.3, 0.4) is 0 Å². The predicted molar refractivity (Wildman–Crippen MR) is 101 cm³/mol. The summed E-state index contributed by atoms with van der Waals surface area (Å²) in [6.07, 6.45) is 2.13. The van der Waals surface area contributed by atoms with E-state index in [0.29, 0.717) is 16.8 Å². The van der Waals surface area contributed by atoms with Gasteiger partial charge in [-0.2, -0.15) is 0 Å². The molecule has 1 spiro atoms. The van der Waals surface area contributed by atoms with Gasteiger partial charge in [-0.15, -0.1) is 0 Å². The number of hydrogen-bond donors (Lipinski definition) is 1. The average molecular weight is 528 g/mol. The smallest absolute Gasteiger partial charge is 0.339 e. The largest absolute Gasteiger partial charge is 0.478 e. The van der Waals surface area contributed by atoms with Crippen molar-refractivity contribution in [1.82, 2.24) is 4.98 Å². The highest BCUT2D eigenvalue weighted by Crippen LogP contribution is 2.42. The van der Waals surface area contributed by atoms with Crippen LogP contribution in [0.25, 0.3) is 0 Å². The van der Waals surface area contributed by atoms with Gasteiger partial charge >= 0.3 is 5.97 Å². The molecule has 1 aromatic heterocycles. The first-order valence-corrected chi connectivity index (χ1v) is 10.3. The molecule has 0 aromatic carbocycles. The second kappa shape index (κ2) is 6.76. The number of nitrogens with zero attached hydrogens (tertiary/aromatic N) is 2. The number of carboxylic acid groups (broad SMARTS) is 1. The summed E-state index contributed by atoms with van der Waals surface area (Å²) < 4.78 is 7.02. The van der Waals surface area contributed by atoms with Crippen molar-refractivity contribution in [3.05, 3.63) is 22.9 Å². The number of carbonyl (C=O) groups is 1. The van der Waals surface area contributed by atoms with E-state index in [2.05, 4.69) is 55.1 Å². The number of alkyl halides is 2. The van der Waals surface area contributed by atoms with Crippen LogP contribution >= 0.6 is 45.2 Å². The first-order chi connectivity index (χ1) is 10.6. The molecule has 1 aromatic rings. The van der Waals surface area contributed by atoms with Crippen molar-refractivity contribution in [2.24, 2.45) is 5.41 Å². The first-order valence-electron chi connectivity index (χ1n) is 7.29. The molecule has 3 rings (SSSR count). The zero-order valence-electron chi connectivity index (χ0n) is 12.1. The normalized spacial score (nSPS) is 20.0.